The minimum absolute atomic E-state index is 0.0978. The largest absolute Gasteiger partial charge is 0.491 e. The minimum atomic E-state index is -5.35. The van der Waals surface area contributed by atoms with Crippen LogP contribution in [0.15, 0.2) is 54.6 Å². The van der Waals surface area contributed by atoms with Gasteiger partial charge in [-0.05, 0) is 36.5 Å². The molecule has 10 nitrogen and oxygen atoms in total. The molecule has 0 bridgehead atoms. The third-order valence-corrected chi connectivity index (χ3v) is 5.46. The van der Waals surface area contributed by atoms with Gasteiger partial charge in [0.15, 0.2) is 0 Å². The third kappa shape index (κ3) is 11.5. The monoisotopic (exact) mass is 564 g/mol. The topological polar surface area (TPSA) is 143 Å². The lowest BCUT2D eigenvalue weighted by Crippen LogP contribution is -2.39. The number of halogens is 3. The van der Waals surface area contributed by atoms with Crippen molar-refractivity contribution in [2.24, 2.45) is 0 Å². The molecule has 1 unspecified atom stereocenters. The van der Waals surface area contributed by atoms with Crippen LogP contribution < -0.4 is 21.3 Å². The number of amides is 4. The smallest absolute Gasteiger partial charge is 0.386 e. The first-order valence-electron chi connectivity index (χ1n) is 12.5. The van der Waals surface area contributed by atoms with E-state index in [9.17, 15) is 37.1 Å². The molecule has 4 N–H and O–H groups in total. The fourth-order valence-electron chi connectivity index (χ4n) is 3.51. The van der Waals surface area contributed by atoms with E-state index in [4.69, 9.17) is 0 Å². The van der Waals surface area contributed by atoms with E-state index in [-0.39, 0.29) is 12.5 Å². The van der Waals surface area contributed by atoms with E-state index in [1.807, 2.05) is 30.3 Å². The van der Waals surface area contributed by atoms with E-state index in [1.165, 1.54) is 0 Å². The van der Waals surface area contributed by atoms with Crippen LogP contribution in [-0.4, -0.2) is 55.6 Å². The fourth-order valence-corrected chi connectivity index (χ4v) is 3.51. The van der Waals surface area contributed by atoms with Crippen LogP contribution in [0, 0.1) is 0 Å². The summed E-state index contributed by atoms with van der Waals surface area (Å²) in [6, 6.07) is 14.4. The quantitative estimate of drug-likeness (QED) is 0.167. The third-order valence-electron chi connectivity index (χ3n) is 5.46. The molecule has 2 rings (SSSR count). The zero-order chi connectivity index (χ0) is 29.5. The van der Waals surface area contributed by atoms with Crippen molar-refractivity contribution in [2.45, 2.75) is 44.8 Å². The van der Waals surface area contributed by atoms with Gasteiger partial charge >= 0.3 is 24.1 Å². The van der Waals surface area contributed by atoms with Crippen molar-refractivity contribution in [2.75, 3.05) is 19.6 Å². The highest BCUT2D eigenvalue weighted by Gasteiger charge is 2.42. The van der Waals surface area contributed by atoms with Crippen LogP contribution in [0.5, 0.6) is 0 Å². The van der Waals surface area contributed by atoms with Gasteiger partial charge in [-0.2, -0.15) is 13.2 Å². The molecule has 13 heteroatoms. The lowest BCUT2D eigenvalue weighted by Gasteiger charge is -2.19. The Bertz CT molecular complexity index is 1160. The van der Waals surface area contributed by atoms with Crippen LogP contribution in [0.25, 0.3) is 11.1 Å². The molecule has 2 aromatic carbocycles. The number of hydrogen-bond donors (Lipinski definition) is 4. The molecule has 0 fully saturated rings. The minimum Gasteiger partial charge on any atom is -0.386 e. The van der Waals surface area contributed by atoms with Crippen LogP contribution in [0.3, 0.4) is 0 Å². The molecule has 0 saturated carbocycles. The predicted molar refractivity (Wildman–Crippen MR) is 138 cm³/mol. The number of rotatable bonds is 13. The van der Waals surface area contributed by atoms with Crippen molar-refractivity contribution < 1.29 is 41.9 Å². The van der Waals surface area contributed by atoms with Crippen LogP contribution in [0.2, 0.25) is 0 Å². The maximum absolute atomic E-state index is 12.5. The van der Waals surface area contributed by atoms with Crippen molar-refractivity contribution in [3.8, 4) is 11.1 Å². The summed E-state index contributed by atoms with van der Waals surface area (Å²) in [6.45, 7) is 2.19. The van der Waals surface area contributed by atoms with E-state index in [0.29, 0.717) is 31.5 Å². The van der Waals surface area contributed by atoms with Crippen LogP contribution >= 0.6 is 0 Å². The summed E-state index contributed by atoms with van der Waals surface area (Å²) >= 11 is 0. The number of esters is 2. The number of benzene rings is 2. The summed E-state index contributed by atoms with van der Waals surface area (Å²) in [5.41, 5.74) is 2.08. The van der Waals surface area contributed by atoms with Crippen molar-refractivity contribution in [1.29, 1.82) is 0 Å². The van der Waals surface area contributed by atoms with E-state index in [0.717, 1.165) is 11.1 Å². The Morgan fingerprint density at radius 1 is 0.825 bits per heavy atom. The van der Waals surface area contributed by atoms with E-state index >= 15 is 0 Å². The zero-order valence-electron chi connectivity index (χ0n) is 21.8. The Labute approximate surface area is 229 Å². The highest BCUT2D eigenvalue weighted by atomic mass is 19.4. The molecule has 2 aromatic rings. The Morgan fingerprint density at radius 2 is 1.48 bits per heavy atom. The Morgan fingerprint density at radius 3 is 2.10 bits per heavy atom. The average Bonchev–Trinajstić information content (AvgIpc) is 2.91. The Balaban J connectivity index is 1.96. The van der Waals surface area contributed by atoms with Gasteiger partial charge in [0, 0.05) is 19.5 Å². The van der Waals surface area contributed by atoms with Gasteiger partial charge in [-0.1, -0.05) is 54.6 Å². The van der Waals surface area contributed by atoms with Crippen molar-refractivity contribution in [3.05, 3.63) is 60.2 Å². The lowest BCUT2D eigenvalue weighted by molar-refractivity contribution is -0.202. The molecule has 1 atom stereocenters. The predicted octanol–water partition coefficient (Wildman–Crippen LogP) is 3.14. The molecule has 0 aliphatic rings. The highest BCUT2D eigenvalue weighted by Crippen LogP contribution is 2.24. The molecule has 0 saturated heterocycles. The number of urea groups is 1. The maximum atomic E-state index is 12.5. The standard InChI is InChI=1S/C27H31F3N4O6/c1-2-31-26(39)32-15-7-6-10-22(35)33-17-23(36)34-21(16-24(37)40-25(38)27(28,29)30)20-13-11-19(12-14-20)18-8-4-3-5-9-18/h3-5,8-9,11-14,21H,2,6-7,10,15-17H2,1H3,(H,33,35)(H,34,36)(H2,31,32,39). The zero-order valence-corrected chi connectivity index (χ0v) is 21.8. The highest BCUT2D eigenvalue weighted by molar-refractivity contribution is 5.89. The molecule has 4 amide bonds. The van der Waals surface area contributed by atoms with E-state index < -0.39 is 48.9 Å². The number of hydrogen-bond acceptors (Lipinski definition) is 6. The second kappa shape index (κ2) is 15.9. The molecule has 0 aliphatic carbocycles. The van der Waals surface area contributed by atoms with Gasteiger partial charge in [-0.15, -0.1) is 0 Å². The van der Waals surface area contributed by atoms with Gasteiger partial charge in [0.2, 0.25) is 11.8 Å². The Hall–Kier alpha value is -4.42. The van der Waals surface area contributed by atoms with Gasteiger partial charge < -0.3 is 26.0 Å². The Kier molecular flexibility index (Phi) is 12.6. The lowest BCUT2D eigenvalue weighted by atomic mass is 9.99. The van der Waals surface area contributed by atoms with E-state index in [1.54, 1.807) is 31.2 Å². The van der Waals surface area contributed by atoms with E-state index in [2.05, 4.69) is 26.0 Å². The SMILES string of the molecule is CCNC(=O)NCCCCC(=O)NCC(=O)NC(CC(=O)OC(=O)C(F)(F)F)c1ccc(-c2ccccc2)cc1. The summed E-state index contributed by atoms with van der Waals surface area (Å²) in [5.74, 6) is -5.27. The molecule has 216 valence electrons. The maximum Gasteiger partial charge on any atom is 0.491 e. The van der Waals surface area contributed by atoms with Crippen molar-refractivity contribution in [1.82, 2.24) is 21.3 Å². The number of carbonyl (C=O) groups excluding carboxylic acids is 5. The molecule has 40 heavy (non-hydrogen) atoms. The van der Waals surface area contributed by atoms with Gasteiger partial charge in [0.25, 0.3) is 0 Å². The molecule has 0 spiro atoms. The van der Waals surface area contributed by atoms with Gasteiger partial charge in [-0.3, -0.25) is 14.4 Å². The second-order valence-electron chi connectivity index (χ2n) is 8.59. The number of unbranched alkanes of at least 4 members (excludes halogenated alkanes) is 1. The second-order valence-corrected chi connectivity index (χ2v) is 8.59. The number of nitrogens with one attached hydrogen (secondary N) is 4. The van der Waals surface area contributed by atoms with Crippen LogP contribution in [-0.2, 0) is 23.9 Å². The van der Waals surface area contributed by atoms with Crippen molar-refractivity contribution in [3.63, 3.8) is 0 Å². The van der Waals surface area contributed by atoms with Crippen LogP contribution in [0.4, 0.5) is 18.0 Å². The first-order chi connectivity index (χ1) is 19.0. The number of ether oxygens (including phenoxy) is 1. The fraction of sp³-hybridized carbons (Fsp3) is 0.370. The summed E-state index contributed by atoms with van der Waals surface area (Å²) in [4.78, 5) is 59.0. The van der Waals surface area contributed by atoms with Gasteiger partial charge in [-0.25, -0.2) is 9.59 Å². The summed E-state index contributed by atoms with van der Waals surface area (Å²) < 4.78 is 41.4. The van der Waals surface area contributed by atoms with Gasteiger partial charge in [0.1, 0.15) is 0 Å². The van der Waals surface area contributed by atoms with Gasteiger partial charge in [0.05, 0.1) is 19.0 Å². The van der Waals surface area contributed by atoms with Crippen LogP contribution in [0.1, 0.15) is 44.2 Å². The molecular formula is C27H31F3N4O6. The first kappa shape index (κ1) is 31.8. The molecule has 0 heterocycles. The summed E-state index contributed by atoms with van der Waals surface area (Å²) in [7, 11) is 0. The molecule has 0 radical (unpaired) electrons. The first-order valence-corrected chi connectivity index (χ1v) is 12.5. The normalized spacial score (nSPS) is 11.6. The summed E-state index contributed by atoms with van der Waals surface area (Å²) in [5, 5.41) is 10.1. The summed E-state index contributed by atoms with van der Waals surface area (Å²) in [6.07, 6.45) is -5.02. The van der Waals surface area contributed by atoms with Crippen molar-refractivity contribution >= 4 is 29.8 Å². The number of alkyl halides is 3. The average molecular weight is 565 g/mol. The molecule has 0 aromatic heterocycles. The molecule has 0 aliphatic heterocycles. The molecular weight excluding hydrogens is 533 g/mol. The number of carbonyl (C=O) groups is 5.